The fourth-order valence-corrected chi connectivity index (χ4v) is 10.9. The van der Waals surface area contributed by atoms with Crippen LogP contribution in [0.15, 0.2) is 30.3 Å². The third kappa shape index (κ3) is 4.72. The van der Waals surface area contributed by atoms with Crippen molar-refractivity contribution in [2.24, 2.45) is 52.3 Å². The van der Waals surface area contributed by atoms with Gasteiger partial charge in [0.15, 0.2) is 0 Å². The highest BCUT2D eigenvalue weighted by Crippen LogP contribution is 2.68. The summed E-state index contributed by atoms with van der Waals surface area (Å²) >= 11 is 0. The summed E-state index contributed by atoms with van der Waals surface area (Å²) in [6.07, 6.45) is 10.2. The highest BCUT2D eigenvalue weighted by molar-refractivity contribution is 5.85. The van der Waals surface area contributed by atoms with E-state index in [0.717, 1.165) is 50.5 Å². The first-order valence-electron chi connectivity index (χ1n) is 16.3. The van der Waals surface area contributed by atoms with E-state index in [0.29, 0.717) is 47.3 Å². The Morgan fingerprint density at radius 1 is 1.02 bits per heavy atom. The van der Waals surface area contributed by atoms with Crippen LogP contribution in [0.2, 0.25) is 0 Å². The van der Waals surface area contributed by atoms with Crippen LogP contribution >= 0.6 is 0 Å². The summed E-state index contributed by atoms with van der Waals surface area (Å²) in [6, 6.07) is 9.95. The van der Waals surface area contributed by atoms with Gasteiger partial charge in [-0.3, -0.25) is 4.79 Å². The molecule has 1 heterocycles. The Hall–Kier alpha value is -1.88. The minimum absolute atomic E-state index is 0.0116. The van der Waals surface area contributed by atoms with E-state index in [4.69, 9.17) is 4.74 Å². The summed E-state index contributed by atoms with van der Waals surface area (Å²) in [4.78, 5) is 29.4. The lowest BCUT2D eigenvalue weighted by Gasteiger charge is -2.61. The summed E-state index contributed by atoms with van der Waals surface area (Å²) in [5.74, 6) is 3.42. The van der Waals surface area contributed by atoms with Gasteiger partial charge in [0.2, 0.25) is 0 Å². The highest BCUT2D eigenvalue weighted by atomic mass is 16.6. The van der Waals surface area contributed by atoms with E-state index in [1.165, 1.54) is 19.3 Å². The van der Waals surface area contributed by atoms with Gasteiger partial charge in [-0.15, -0.1) is 0 Å². The number of carbonyl (C=O) groups excluding carboxylic acids is 2. The number of piperidine rings is 1. The van der Waals surface area contributed by atoms with Gasteiger partial charge in [-0.2, -0.15) is 0 Å². The predicted molar refractivity (Wildman–Crippen MR) is 156 cm³/mol. The van der Waals surface area contributed by atoms with Crippen LogP contribution in [0.1, 0.15) is 97.5 Å². The molecule has 220 valence electrons. The van der Waals surface area contributed by atoms with E-state index < -0.39 is 0 Å². The first-order valence-corrected chi connectivity index (χ1v) is 16.3. The van der Waals surface area contributed by atoms with Gasteiger partial charge in [0, 0.05) is 24.9 Å². The molecule has 5 heteroatoms. The molecule has 11 atom stereocenters. The number of hydrogen-bond donors (Lipinski definition) is 1. The average molecular weight is 550 g/mol. The fraction of sp³-hybridized carbons (Fsp3) is 0.771. The normalized spacial score (nSPS) is 43.8. The van der Waals surface area contributed by atoms with Crippen molar-refractivity contribution in [1.29, 1.82) is 0 Å². The summed E-state index contributed by atoms with van der Waals surface area (Å²) in [6.45, 7) is 10.4. The van der Waals surface area contributed by atoms with Crippen LogP contribution in [-0.4, -0.2) is 40.6 Å². The van der Waals surface area contributed by atoms with Gasteiger partial charge >= 0.3 is 6.09 Å². The van der Waals surface area contributed by atoms with Gasteiger partial charge in [-0.1, -0.05) is 58.0 Å². The molecule has 0 spiro atoms. The highest BCUT2D eigenvalue weighted by Gasteiger charge is 2.63. The number of aliphatic hydroxyl groups is 1. The van der Waals surface area contributed by atoms with Crippen molar-refractivity contribution in [3.05, 3.63) is 35.9 Å². The molecule has 1 N–H and O–H groups in total. The zero-order valence-corrected chi connectivity index (χ0v) is 25.2. The van der Waals surface area contributed by atoms with Gasteiger partial charge in [-0.25, -0.2) is 4.79 Å². The van der Waals surface area contributed by atoms with Crippen molar-refractivity contribution in [3.63, 3.8) is 0 Å². The van der Waals surface area contributed by atoms with Crippen molar-refractivity contribution >= 4 is 11.9 Å². The van der Waals surface area contributed by atoms with Crippen LogP contribution in [0.5, 0.6) is 0 Å². The van der Waals surface area contributed by atoms with Crippen molar-refractivity contribution < 1.29 is 19.4 Å². The van der Waals surface area contributed by atoms with E-state index in [1.807, 2.05) is 35.2 Å². The maximum atomic E-state index is 14.0. The number of likely N-dealkylation sites (tertiary alicyclic amines) is 1. The Morgan fingerprint density at radius 3 is 2.55 bits per heavy atom. The molecule has 1 aromatic carbocycles. The number of fused-ring (bicyclic) bond motifs is 5. The smallest absolute Gasteiger partial charge is 0.410 e. The SMILES string of the molecule is CC1CCC(C(C)C2C(=O)C[C@H]3[C@@H]4CCC5CC(O)CC[C@]5(C)[C@H]4CC[C@]23C)N(C(=O)OCc2ccccc2)C1. The van der Waals surface area contributed by atoms with E-state index in [1.54, 1.807) is 0 Å². The standard InChI is InChI=1S/C35H51NO4/c1-22-10-13-30(36(20-22)33(39)40-21-24-8-6-5-7-9-24)23(2)32-31(38)19-29-27-12-11-25-18-26(37)14-16-34(25,3)28(27)15-17-35(29,32)4/h5-9,22-23,25-30,32,37H,10-21H2,1-4H3/t22?,23?,25?,26?,27-,28+,29+,30?,32?,34+,35+/m1/s1. The molecule has 40 heavy (non-hydrogen) atoms. The second-order valence-electron chi connectivity index (χ2n) is 15.1. The molecule has 1 aromatic rings. The minimum Gasteiger partial charge on any atom is -0.445 e. The molecular formula is C35H51NO4. The van der Waals surface area contributed by atoms with Gasteiger partial charge in [0.25, 0.3) is 0 Å². The van der Waals surface area contributed by atoms with Crippen molar-refractivity contribution in [2.75, 3.05) is 6.54 Å². The minimum atomic E-state index is -0.228. The van der Waals surface area contributed by atoms with E-state index in [2.05, 4.69) is 27.7 Å². The number of ketones is 1. The summed E-state index contributed by atoms with van der Waals surface area (Å²) in [5.41, 5.74) is 1.33. The molecule has 1 saturated heterocycles. The largest absolute Gasteiger partial charge is 0.445 e. The quantitative estimate of drug-likeness (QED) is 0.429. The van der Waals surface area contributed by atoms with E-state index in [9.17, 15) is 14.7 Å². The average Bonchev–Trinajstić information content (AvgIpc) is 3.22. The summed E-state index contributed by atoms with van der Waals surface area (Å²) < 4.78 is 5.84. The molecule has 5 fully saturated rings. The van der Waals surface area contributed by atoms with Crippen LogP contribution in [0.25, 0.3) is 0 Å². The maximum Gasteiger partial charge on any atom is 0.410 e. The lowest BCUT2D eigenvalue weighted by Crippen LogP contribution is -2.56. The molecule has 5 nitrogen and oxygen atoms in total. The predicted octanol–water partition coefficient (Wildman–Crippen LogP) is 7.26. The number of Topliss-reactive ketones (excluding diaryl/α,β-unsaturated/α-hetero) is 1. The molecule has 6 rings (SSSR count). The number of rotatable bonds is 4. The molecule has 0 radical (unpaired) electrons. The summed E-state index contributed by atoms with van der Waals surface area (Å²) in [7, 11) is 0. The molecule has 4 aliphatic carbocycles. The summed E-state index contributed by atoms with van der Waals surface area (Å²) in [5, 5.41) is 10.4. The third-order valence-corrected chi connectivity index (χ3v) is 13.0. The fourth-order valence-electron chi connectivity index (χ4n) is 10.9. The zero-order valence-electron chi connectivity index (χ0n) is 25.2. The van der Waals surface area contributed by atoms with Gasteiger partial charge in [-0.05, 0) is 110 Å². The maximum absolute atomic E-state index is 14.0. The lowest BCUT2D eigenvalue weighted by molar-refractivity contribution is -0.135. The number of nitrogens with zero attached hydrogens (tertiary/aromatic N) is 1. The third-order valence-electron chi connectivity index (χ3n) is 13.0. The molecule has 6 unspecified atom stereocenters. The molecular weight excluding hydrogens is 498 g/mol. The second kappa shape index (κ2) is 10.7. The van der Waals surface area contributed by atoms with Crippen molar-refractivity contribution in [1.82, 2.24) is 4.90 Å². The topological polar surface area (TPSA) is 66.8 Å². The van der Waals surface area contributed by atoms with Crippen molar-refractivity contribution in [2.45, 2.75) is 111 Å². The monoisotopic (exact) mass is 549 g/mol. The molecule has 4 saturated carbocycles. The van der Waals surface area contributed by atoms with Crippen LogP contribution in [0.4, 0.5) is 4.79 Å². The Balaban J connectivity index is 1.20. The van der Waals surface area contributed by atoms with Crippen LogP contribution in [0, 0.1) is 52.3 Å². The van der Waals surface area contributed by atoms with Crippen LogP contribution < -0.4 is 0 Å². The Morgan fingerprint density at radius 2 is 1.77 bits per heavy atom. The van der Waals surface area contributed by atoms with E-state index >= 15 is 0 Å². The Labute approximate surface area is 241 Å². The molecule has 1 amide bonds. The van der Waals surface area contributed by atoms with Gasteiger partial charge < -0.3 is 14.7 Å². The molecule has 0 aromatic heterocycles. The number of hydrogen-bond acceptors (Lipinski definition) is 4. The first kappa shape index (κ1) is 28.2. The van der Waals surface area contributed by atoms with Crippen LogP contribution in [-0.2, 0) is 16.1 Å². The lowest BCUT2D eigenvalue weighted by atomic mass is 9.44. The van der Waals surface area contributed by atoms with Gasteiger partial charge in [0.05, 0.1) is 6.10 Å². The number of ether oxygens (including phenoxy) is 1. The Kier molecular flexibility index (Phi) is 7.59. The van der Waals surface area contributed by atoms with Crippen molar-refractivity contribution in [3.8, 4) is 0 Å². The van der Waals surface area contributed by atoms with Crippen LogP contribution in [0.3, 0.4) is 0 Å². The molecule has 0 bridgehead atoms. The number of carbonyl (C=O) groups is 2. The van der Waals surface area contributed by atoms with Gasteiger partial charge in [0.1, 0.15) is 12.4 Å². The number of benzene rings is 1. The second-order valence-corrected chi connectivity index (χ2v) is 15.1. The van der Waals surface area contributed by atoms with E-state index in [-0.39, 0.29) is 42.1 Å². The number of amides is 1. The molecule has 5 aliphatic rings. The number of aliphatic hydroxyl groups excluding tert-OH is 1. The Bertz CT molecular complexity index is 1090. The molecule has 1 aliphatic heterocycles. The first-order chi connectivity index (χ1) is 19.1. The zero-order chi connectivity index (χ0) is 28.2.